The van der Waals surface area contributed by atoms with Crippen molar-refractivity contribution < 1.29 is 14.6 Å². The van der Waals surface area contributed by atoms with Gasteiger partial charge < -0.3 is 19.9 Å². The molecule has 0 spiro atoms. The molecule has 0 radical (unpaired) electrons. The van der Waals surface area contributed by atoms with Gasteiger partial charge >= 0.3 is 0 Å². The van der Waals surface area contributed by atoms with Gasteiger partial charge in [0.05, 0.1) is 25.4 Å². The highest BCUT2D eigenvalue weighted by Gasteiger charge is 2.14. The molecule has 0 heterocycles. The third-order valence-corrected chi connectivity index (χ3v) is 3.47. The molecule has 0 amide bonds. The number of rotatable bonds is 8. The molecule has 0 saturated heterocycles. The van der Waals surface area contributed by atoms with Gasteiger partial charge in [0.15, 0.2) is 0 Å². The smallest absolute Gasteiger partial charge is 0.0897 e. The van der Waals surface area contributed by atoms with E-state index in [1.165, 1.54) is 38.5 Å². The lowest BCUT2D eigenvalue weighted by Gasteiger charge is -2.20. The van der Waals surface area contributed by atoms with Crippen LogP contribution in [0, 0.1) is 0 Å². The van der Waals surface area contributed by atoms with Crippen LogP contribution in [-0.2, 0) is 9.47 Å². The fourth-order valence-corrected chi connectivity index (χ4v) is 2.40. The highest BCUT2D eigenvalue weighted by atomic mass is 16.5. The van der Waals surface area contributed by atoms with Gasteiger partial charge in [-0.05, 0) is 19.8 Å². The molecule has 4 nitrogen and oxygen atoms in total. The molecular formula is C14H29NO3. The van der Waals surface area contributed by atoms with E-state index in [-0.39, 0.29) is 6.10 Å². The summed E-state index contributed by atoms with van der Waals surface area (Å²) in [5.41, 5.74) is 0. The Morgan fingerprint density at radius 3 is 2.44 bits per heavy atom. The topological polar surface area (TPSA) is 50.7 Å². The van der Waals surface area contributed by atoms with Crippen LogP contribution in [0.5, 0.6) is 0 Å². The van der Waals surface area contributed by atoms with E-state index in [0.29, 0.717) is 25.8 Å². The Labute approximate surface area is 111 Å². The number of ether oxygens (including phenoxy) is 2. The Balaban J connectivity index is 2.06. The molecule has 0 aromatic carbocycles. The van der Waals surface area contributed by atoms with Gasteiger partial charge in [0.25, 0.3) is 0 Å². The summed E-state index contributed by atoms with van der Waals surface area (Å²) in [6.07, 6.45) is 7.46. The Bertz CT molecular complexity index is 193. The van der Waals surface area contributed by atoms with E-state index in [1.54, 1.807) is 7.11 Å². The second-order valence-electron chi connectivity index (χ2n) is 5.35. The van der Waals surface area contributed by atoms with Gasteiger partial charge in [-0.2, -0.15) is 0 Å². The molecule has 108 valence electrons. The first kappa shape index (κ1) is 15.9. The van der Waals surface area contributed by atoms with Crippen molar-refractivity contribution >= 4 is 0 Å². The highest BCUT2D eigenvalue weighted by molar-refractivity contribution is 4.72. The summed E-state index contributed by atoms with van der Waals surface area (Å²) >= 11 is 0. The number of hydrogen-bond donors (Lipinski definition) is 2. The van der Waals surface area contributed by atoms with Crippen molar-refractivity contribution in [3.63, 3.8) is 0 Å². The number of aliphatic hydroxyl groups is 1. The molecule has 2 N–H and O–H groups in total. The minimum absolute atomic E-state index is 0.0440. The van der Waals surface area contributed by atoms with Crippen molar-refractivity contribution in [1.29, 1.82) is 0 Å². The molecule has 4 heteroatoms. The predicted octanol–water partition coefficient (Wildman–Crippen LogP) is 1.71. The van der Waals surface area contributed by atoms with Crippen LogP contribution in [0.25, 0.3) is 0 Å². The minimum Gasteiger partial charge on any atom is -0.389 e. The maximum absolute atomic E-state index is 9.84. The Morgan fingerprint density at radius 2 is 1.83 bits per heavy atom. The summed E-state index contributed by atoms with van der Waals surface area (Å²) < 4.78 is 10.5. The summed E-state index contributed by atoms with van der Waals surface area (Å²) in [5, 5.41) is 13.3. The lowest BCUT2D eigenvalue weighted by Crippen LogP contribution is -2.38. The van der Waals surface area contributed by atoms with Gasteiger partial charge in [0.2, 0.25) is 0 Å². The average Bonchev–Trinajstić information content (AvgIpc) is 2.63. The lowest BCUT2D eigenvalue weighted by molar-refractivity contribution is -0.0316. The van der Waals surface area contributed by atoms with E-state index in [2.05, 4.69) is 5.32 Å². The van der Waals surface area contributed by atoms with Gasteiger partial charge in [-0.3, -0.25) is 0 Å². The molecule has 0 aromatic rings. The molecule has 0 aliphatic heterocycles. The monoisotopic (exact) mass is 259 g/mol. The molecular weight excluding hydrogens is 230 g/mol. The first-order valence-corrected chi connectivity index (χ1v) is 7.24. The zero-order valence-electron chi connectivity index (χ0n) is 11.9. The largest absolute Gasteiger partial charge is 0.389 e. The zero-order chi connectivity index (χ0) is 13.2. The summed E-state index contributed by atoms with van der Waals surface area (Å²) in [6, 6.07) is 0.582. The standard InChI is InChI=1S/C14H29NO3/c1-12(10-17-2)18-11-14(16)9-15-13-7-5-3-4-6-8-13/h12-16H,3-11H2,1-2H3. The lowest BCUT2D eigenvalue weighted by atomic mass is 10.1. The fourth-order valence-electron chi connectivity index (χ4n) is 2.40. The third-order valence-electron chi connectivity index (χ3n) is 3.47. The number of hydrogen-bond acceptors (Lipinski definition) is 4. The van der Waals surface area contributed by atoms with E-state index in [0.717, 1.165) is 0 Å². The van der Waals surface area contributed by atoms with Crippen LogP contribution >= 0.6 is 0 Å². The van der Waals surface area contributed by atoms with Crippen LogP contribution in [0.15, 0.2) is 0 Å². The first-order valence-electron chi connectivity index (χ1n) is 7.24. The van der Waals surface area contributed by atoms with Crippen molar-refractivity contribution in [3.05, 3.63) is 0 Å². The molecule has 2 atom stereocenters. The Hall–Kier alpha value is -0.160. The van der Waals surface area contributed by atoms with Crippen LogP contribution < -0.4 is 5.32 Å². The van der Waals surface area contributed by atoms with Crippen molar-refractivity contribution in [3.8, 4) is 0 Å². The van der Waals surface area contributed by atoms with E-state index in [1.807, 2.05) is 6.92 Å². The van der Waals surface area contributed by atoms with Gasteiger partial charge in [-0.15, -0.1) is 0 Å². The van der Waals surface area contributed by atoms with Crippen LogP contribution in [0.4, 0.5) is 0 Å². The van der Waals surface area contributed by atoms with Crippen LogP contribution in [0.2, 0.25) is 0 Å². The summed E-state index contributed by atoms with van der Waals surface area (Å²) in [5.74, 6) is 0. The molecule has 18 heavy (non-hydrogen) atoms. The summed E-state index contributed by atoms with van der Waals surface area (Å²) in [6.45, 7) is 3.53. The average molecular weight is 259 g/mol. The quantitative estimate of drug-likeness (QED) is 0.652. The van der Waals surface area contributed by atoms with Crippen molar-refractivity contribution in [2.24, 2.45) is 0 Å². The molecule has 2 unspecified atom stereocenters. The molecule has 0 bridgehead atoms. The molecule has 1 aliphatic carbocycles. The maximum Gasteiger partial charge on any atom is 0.0897 e. The third kappa shape index (κ3) is 7.31. The van der Waals surface area contributed by atoms with Crippen molar-refractivity contribution in [2.45, 2.75) is 63.7 Å². The highest BCUT2D eigenvalue weighted by Crippen LogP contribution is 2.17. The second-order valence-corrected chi connectivity index (χ2v) is 5.35. The van der Waals surface area contributed by atoms with Crippen LogP contribution in [0.3, 0.4) is 0 Å². The zero-order valence-corrected chi connectivity index (χ0v) is 11.9. The van der Waals surface area contributed by atoms with E-state index >= 15 is 0 Å². The predicted molar refractivity (Wildman–Crippen MR) is 72.8 cm³/mol. The minimum atomic E-state index is -0.424. The van der Waals surface area contributed by atoms with Gasteiger partial charge in [-0.1, -0.05) is 25.7 Å². The van der Waals surface area contributed by atoms with Gasteiger partial charge in [0.1, 0.15) is 0 Å². The maximum atomic E-state index is 9.84. The number of aliphatic hydroxyl groups excluding tert-OH is 1. The van der Waals surface area contributed by atoms with Gasteiger partial charge in [-0.25, -0.2) is 0 Å². The molecule has 1 fully saturated rings. The van der Waals surface area contributed by atoms with E-state index < -0.39 is 6.10 Å². The second kappa shape index (κ2) is 9.73. The van der Waals surface area contributed by atoms with Crippen LogP contribution in [0.1, 0.15) is 45.4 Å². The van der Waals surface area contributed by atoms with E-state index in [4.69, 9.17) is 9.47 Å². The first-order chi connectivity index (χ1) is 8.72. The normalized spacial score (nSPS) is 21.5. The Morgan fingerprint density at radius 1 is 1.17 bits per heavy atom. The SMILES string of the molecule is COCC(C)OCC(O)CNC1CCCCCC1. The molecule has 1 rings (SSSR count). The van der Waals surface area contributed by atoms with Crippen molar-refractivity contribution in [1.82, 2.24) is 5.32 Å². The van der Waals surface area contributed by atoms with E-state index in [9.17, 15) is 5.11 Å². The van der Waals surface area contributed by atoms with Gasteiger partial charge in [0, 0.05) is 19.7 Å². The number of methoxy groups -OCH3 is 1. The summed E-state index contributed by atoms with van der Waals surface area (Å²) in [7, 11) is 1.66. The summed E-state index contributed by atoms with van der Waals surface area (Å²) in [4.78, 5) is 0. The van der Waals surface area contributed by atoms with Crippen LogP contribution in [-0.4, -0.2) is 50.2 Å². The molecule has 1 saturated carbocycles. The number of nitrogens with one attached hydrogen (secondary N) is 1. The molecule has 1 aliphatic rings. The molecule has 0 aromatic heterocycles. The fraction of sp³-hybridized carbons (Fsp3) is 1.00. The Kier molecular flexibility index (Phi) is 8.59. The van der Waals surface area contributed by atoms with Crippen molar-refractivity contribution in [2.75, 3.05) is 26.9 Å².